The highest BCUT2D eigenvalue weighted by atomic mass is 19.4. The van der Waals surface area contributed by atoms with Gasteiger partial charge in [0.2, 0.25) is 0 Å². The SMILES string of the molecule is CC(C)[C@H](CC(=O)CC1CCc2cc(-c3ccc(NC(=O)Nc4cccc(C(F)(F)F)c4)cc3)ccc2C1=O)C(=O)O. The fourth-order valence-electron chi connectivity index (χ4n) is 5.12. The van der Waals surface area contributed by atoms with Gasteiger partial charge < -0.3 is 15.7 Å². The number of carboxylic acids is 1. The minimum Gasteiger partial charge on any atom is -0.481 e. The average Bonchev–Trinajstić information content (AvgIpc) is 2.93. The summed E-state index contributed by atoms with van der Waals surface area (Å²) in [5.41, 5.74) is 2.70. The van der Waals surface area contributed by atoms with Gasteiger partial charge in [0.25, 0.3) is 0 Å². The van der Waals surface area contributed by atoms with Crippen LogP contribution in [0.25, 0.3) is 11.1 Å². The number of ketones is 2. The first-order valence-electron chi connectivity index (χ1n) is 13.6. The third kappa shape index (κ3) is 7.43. The Balaban J connectivity index is 1.37. The number of amides is 2. The first kappa shape index (κ1) is 30.5. The first-order valence-corrected chi connectivity index (χ1v) is 13.6. The van der Waals surface area contributed by atoms with E-state index in [9.17, 15) is 37.5 Å². The van der Waals surface area contributed by atoms with Crippen LogP contribution in [0, 0.1) is 17.8 Å². The summed E-state index contributed by atoms with van der Waals surface area (Å²) in [6.07, 6.45) is -3.46. The molecule has 1 unspecified atom stereocenters. The van der Waals surface area contributed by atoms with Gasteiger partial charge in [0.05, 0.1) is 11.5 Å². The predicted octanol–water partition coefficient (Wildman–Crippen LogP) is 7.47. The summed E-state index contributed by atoms with van der Waals surface area (Å²) >= 11 is 0. The number of aliphatic carboxylic acids is 1. The van der Waals surface area contributed by atoms with E-state index in [1.165, 1.54) is 12.1 Å². The molecule has 0 aromatic heterocycles. The van der Waals surface area contributed by atoms with Crippen molar-refractivity contribution in [2.24, 2.45) is 17.8 Å². The molecule has 0 saturated carbocycles. The third-order valence-corrected chi connectivity index (χ3v) is 7.47. The topological polar surface area (TPSA) is 113 Å². The molecule has 10 heteroatoms. The van der Waals surface area contributed by atoms with Gasteiger partial charge in [-0.05, 0) is 65.8 Å². The highest BCUT2D eigenvalue weighted by Crippen LogP contribution is 2.33. The molecule has 220 valence electrons. The van der Waals surface area contributed by atoms with E-state index in [0.29, 0.717) is 24.1 Å². The zero-order valence-corrected chi connectivity index (χ0v) is 23.1. The monoisotopic (exact) mass is 580 g/mol. The Bertz CT molecular complexity index is 1500. The number of alkyl halides is 3. The predicted molar refractivity (Wildman–Crippen MR) is 152 cm³/mol. The summed E-state index contributed by atoms with van der Waals surface area (Å²) in [5, 5.41) is 14.4. The third-order valence-electron chi connectivity index (χ3n) is 7.47. The van der Waals surface area contributed by atoms with E-state index in [-0.39, 0.29) is 36.0 Å². The van der Waals surface area contributed by atoms with Gasteiger partial charge in [-0.3, -0.25) is 14.4 Å². The number of anilines is 2. The molecule has 0 aliphatic heterocycles. The van der Waals surface area contributed by atoms with Gasteiger partial charge in [0.15, 0.2) is 5.78 Å². The van der Waals surface area contributed by atoms with Crippen LogP contribution < -0.4 is 10.6 Å². The number of rotatable bonds is 9. The quantitative estimate of drug-likeness (QED) is 0.243. The lowest BCUT2D eigenvalue weighted by Gasteiger charge is -2.24. The number of hydrogen-bond acceptors (Lipinski definition) is 4. The number of hydrogen-bond donors (Lipinski definition) is 3. The summed E-state index contributed by atoms with van der Waals surface area (Å²) in [5.74, 6) is -2.75. The average molecular weight is 581 g/mol. The molecule has 3 aromatic carbocycles. The van der Waals surface area contributed by atoms with Crippen molar-refractivity contribution in [3.05, 3.63) is 83.4 Å². The van der Waals surface area contributed by atoms with E-state index in [2.05, 4.69) is 10.6 Å². The first-order chi connectivity index (χ1) is 19.8. The summed E-state index contributed by atoms with van der Waals surface area (Å²) in [6, 6.07) is 16.0. The standard InChI is InChI=1S/C32H31F3N2O5/c1-18(2)28(30(40)41)17-26(38)15-22-7-6-21-14-20(10-13-27(21)29(22)39)19-8-11-24(12-9-19)36-31(42)37-25-5-3-4-23(16-25)32(33,34)35/h3-5,8-14,16,18,22,28H,6-7,15,17H2,1-2H3,(H,40,41)(H2,36,37,42)/t22?,28-/m0/s1. The smallest absolute Gasteiger partial charge is 0.416 e. The Morgan fingerprint density at radius 2 is 1.60 bits per heavy atom. The molecule has 7 nitrogen and oxygen atoms in total. The van der Waals surface area contributed by atoms with Crippen LogP contribution in [0.2, 0.25) is 0 Å². The number of aryl methyl sites for hydroxylation is 1. The summed E-state index contributed by atoms with van der Waals surface area (Å²) in [6.45, 7) is 3.52. The van der Waals surface area contributed by atoms with Gasteiger partial charge in [-0.1, -0.05) is 50.2 Å². The van der Waals surface area contributed by atoms with Gasteiger partial charge in [-0.25, -0.2) is 4.79 Å². The maximum atomic E-state index is 13.1. The minimum atomic E-state index is -4.52. The number of carbonyl (C=O) groups is 4. The van der Waals surface area contributed by atoms with E-state index in [4.69, 9.17) is 0 Å². The van der Waals surface area contributed by atoms with Crippen molar-refractivity contribution in [3.63, 3.8) is 0 Å². The van der Waals surface area contributed by atoms with Gasteiger partial charge in [-0.2, -0.15) is 13.2 Å². The molecule has 2 atom stereocenters. The van der Waals surface area contributed by atoms with E-state index in [1.807, 2.05) is 12.1 Å². The molecule has 4 rings (SSSR count). The normalized spacial score (nSPS) is 15.6. The summed E-state index contributed by atoms with van der Waals surface area (Å²) in [7, 11) is 0. The van der Waals surface area contributed by atoms with Crippen molar-refractivity contribution >= 4 is 34.9 Å². The molecular weight excluding hydrogens is 549 g/mol. The lowest BCUT2D eigenvalue weighted by molar-refractivity contribution is -0.145. The molecule has 3 aromatic rings. The molecule has 0 heterocycles. The van der Waals surface area contributed by atoms with Gasteiger partial charge in [0.1, 0.15) is 5.78 Å². The number of halogens is 3. The highest BCUT2D eigenvalue weighted by molar-refractivity contribution is 6.03. The molecule has 0 bridgehead atoms. The molecule has 1 aliphatic rings. The molecule has 0 fully saturated rings. The molecule has 0 radical (unpaired) electrons. The van der Waals surface area contributed by atoms with Crippen LogP contribution in [0.15, 0.2) is 66.7 Å². The molecule has 2 amide bonds. The van der Waals surface area contributed by atoms with Gasteiger partial charge in [0, 0.05) is 35.7 Å². The van der Waals surface area contributed by atoms with Crippen LogP contribution in [0.1, 0.15) is 54.6 Å². The molecular formula is C32H31F3N2O5. The summed E-state index contributed by atoms with van der Waals surface area (Å²) in [4.78, 5) is 49.5. The van der Waals surface area contributed by atoms with Crippen LogP contribution in [0.3, 0.4) is 0 Å². The van der Waals surface area contributed by atoms with E-state index in [0.717, 1.165) is 28.8 Å². The van der Waals surface area contributed by atoms with Crippen LogP contribution in [0.5, 0.6) is 0 Å². The number of fused-ring (bicyclic) bond motifs is 1. The Kier molecular flexibility index (Phi) is 9.14. The van der Waals surface area contributed by atoms with Crippen LogP contribution in [-0.4, -0.2) is 28.7 Å². The maximum Gasteiger partial charge on any atom is 0.416 e. The van der Waals surface area contributed by atoms with Crippen molar-refractivity contribution in [2.75, 3.05) is 10.6 Å². The zero-order valence-electron chi connectivity index (χ0n) is 23.1. The fourth-order valence-corrected chi connectivity index (χ4v) is 5.12. The number of carboxylic acid groups (broad SMARTS) is 1. The fraction of sp³-hybridized carbons (Fsp3) is 0.312. The second-order valence-corrected chi connectivity index (χ2v) is 10.8. The Morgan fingerprint density at radius 1 is 0.929 bits per heavy atom. The minimum absolute atomic E-state index is 0.00849. The van der Waals surface area contributed by atoms with Crippen LogP contribution in [0.4, 0.5) is 29.3 Å². The largest absolute Gasteiger partial charge is 0.481 e. The van der Waals surface area contributed by atoms with Crippen molar-refractivity contribution in [3.8, 4) is 11.1 Å². The molecule has 0 spiro atoms. The number of Topliss-reactive ketones (excluding diaryl/α,β-unsaturated/α-hetero) is 2. The molecule has 1 aliphatic carbocycles. The van der Waals surface area contributed by atoms with E-state index in [1.54, 1.807) is 44.2 Å². The van der Waals surface area contributed by atoms with E-state index >= 15 is 0 Å². The highest BCUT2D eigenvalue weighted by Gasteiger charge is 2.32. The second-order valence-electron chi connectivity index (χ2n) is 10.8. The zero-order chi connectivity index (χ0) is 30.6. The van der Waals surface area contributed by atoms with Crippen molar-refractivity contribution in [1.29, 1.82) is 0 Å². The van der Waals surface area contributed by atoms with Crippen molar-refractivity contribution < 1.29 is 37.5 Å². The van der Waals surface area contributed by atoms with Crippen molar-refractivity contribution in [2.45, 2.75) is 45.7 Å². The molecule has 42 heavy (non-hydrogen) atoms. The van der Waals surface area contributed by atoms with E-state index < -0.39 is 35.6 Å². The number of benzene rings is 3. The molecule has 3 N–H and O–H groups in total. The van der Waals surface area contributed by atoms with Gasteiger partial charge >= 0.3 is 18.2 Å². The van der Waals surface area contributed by atoms with Crippen LogP contribution in [-0.2, 0) is 22.2 Å². The lowest BCUT2D eigenvalue weighted by atomic mass is 9.78. The lowest BCUT2D eigenvalue weighted by Crippen LogP contribution is -2.28. The van der Waals surface area contributed by atoms with Crippen LogP contribution >= 0.6 is 0 Å². The summed E-state index contributed by atoms with van der Waals surface area (Å²) < 4.78 is 38.7. The number of nitrogens with one attached hydrogen (secondary N) is 2. The number of urea groups is 1. The Morgan fingerprint density at radius 3 is 2.24 bits per heavy atom. The molecule has 0 saturated heterocycles. The van der Waals surface area contributed by atoms with Gasteiger partial charge in [-0.15, -0.1) is 0 Å². The maximum absolute atomic E-state index is 13.1. The number of carbonyl (C=O) groups excluding carboxylic acids is 3. The van der Waals surface area contributed by atoms with Crippen molar-refractivity contribution in [1.82, 2.24) is 0 Å². The second kappa shape index (κ2) is 12.6. The Labute approximate surface area is 241 Å². The Hall–Kier alpha value is -4.47.